The number of nitrogens with zero attached hydrogens (tertiary/aromatic N) is 3. The molecule has 0 unspecified atom stereocenters. The number of piperazine rings is 1. The number of anilines is 1. The molecule has 0 aliphatic carbocycles. The van der Waals surface area contributed by atoms with E-state index in [1.807, 2.05) is 42.4 Å². The van der Waals surface area contributed by atoms with Crippen LogP contribution in [0.5, 0.6) is 0 Å². The summed E-state index contributed by atoms with van der Waals surface area (Å²) >= 11 is 1.95. The summed E-state index contributed by atoms with van der Waals surface area (Å²) in [7, 11) is 0. The van der Waals surface area contributed by atoms with Crippen LogP contribution < -0.4 is 10.6 Å². The SMILES string of the molecule is Cc1c(SCCCN2CCNCC2)ccnc1CNc1cnc2ccccc2c1. The predicted octanol–water partition coefficient (Wildman–Crippen LogP) is 3.94. The van der Waals surface area contributed by atoms with Crippen LogP contribution in [0.25, 0.3) is 10.9 Å². The number of aromatic nitrogens is 2. The highest BCUT2D eigenvalue weighted by molar-refractivity contribution is 7.99. The van der Waals surface area contributed by atoms with Crippen LogP contribution >= 0.6 is 11.8 Å². The maximum atomic E-state index is 4.61. The van der Waals surface area contributed by atoms with Gasteiger partial charge in [-0.1, -0.05) is 18.2 Å². The lowest BCUT2D eigenvalue weighted by molar-refractivity contribution is 0.242. The van der Waals surface area contributed by atoms with Gasteiger partial charge in [-0.05, 0) is 49.4 Å². The zero-order valence-electron chi connectivity index (χ0n) is 17.0. The molecule has 5 nitrogen and oxygen atoms in total. The van der Waals surface area contributed by atoms with Crippen LogP contribution in [-0.2, 0) is 6.54 Å². The lowest BCUT2D eigenvalue weighted by atomic mass is 10.2. The first kappa shape index (κ1) is 20.1. The van der Waals surface area contributed by atoms with E-state index in [-0.39, 0.29) is 0 Å². The van der Waals surface area contributed by atoms with Crippen LogP contribution in [0.1, 0.15) is 17.7 Å². The van der Waals surface area contributed by atoms with Crippen molar-refractivity contribution in [3.8, 4) is 0 Å². The van der Waals surface area contributed by atoms with E-state index in [9.17, 15) is 0 Å². The number of pyridine rings is 2. The smallest absolute Gasteiger partial charge is 0.0703 e. The van der Waals surface area contributed by atoms with Crippen molar-refractivity contribution in [3.63, 3.8) is 0 Å². The minimum absolute atomic E-state index is 0.709. The Morgan fingerprint density at radius 3 is 2.90 bits per heavy atom. The number of fused-ring (bicyclic) bond motifs is 1. The Kier molecular flexibility index (Phi) is 6.98. The number of benzene rings is 1. The van der Waals surface area contributed by atoms with Crippen LogP contribution in [0.3, 0.4) is 0 Å². The van der Waals surface area contributed by atoms with E-state index >= 15 is 0 Å². The largest absolute Gasteiger partial charge is 0.378 e. The van der Waals surface area contributed by atoms with E-state index in [4.69, 9.17) is 0 Å². The first-order valence-corrected chi connectivity index (χ1v) is 11.4. The molecule has 0 bridgehead atoms. The van der Waals surface area contributed by atoms with Crippen LogP contribution in [0, 0.1) is 6.92 Å². The second kappa shape index (κ2) is 10.1. The Morgan fingerprint density at radius 2 is 2.00 bits per heavy atom. The average molecular weight is 408 g/mol. The van der Waals surface area contributed by atoms with Crippen molar-refractivity contribution in [2.45, 2.75) is 24.8 Å². The number of para-hydroxylation sites is 1. The molecule has 0 saturated carbocycles. The van der Waals surface area contributed by atoms with Gasteiger partial charge in [0.2, 0.25) is 0 Å². The van der Waals surface area contributed by atoms with Gasteiger partial charge >= 0.3 is 0 Å². The number of thioether (sulfide) groups is 1. The number of hydrogen-bond donors (Lipinski definition) is 2. The van der Waals surface area contributed by atoms with E-state index < -0.39 is 0 Å². The lowest BCUT2D eigenvalue weighted by Gasteiger charge is -2.27. The van der Waals surface area contributed by atoms with Gasteiger partial charge in [0.15, 0.2) is 0 Å². The number of rotatable bonds is 8. The summed E-state index contributed by atoms with van der Waals surface area (Å²) < 4.78 is 0. The van der Waals surface area contributed by atoms with Crippen molar-refractivity contribution in [3.05, 3.63) is 60.0 Å². The maximum absolute atomic E-state index is 4.61. The van der Waals surface area contributed by atoms with Crippen LogP contribution in [0.15, 0.2) is 53.7 Å². The molecule has 2 aromatic heterocycles. The van der Waals surface area contributed by atoms with Gasteiger partial charge in [-0.25, -0.2) is 0 Å². The molecule has 1 aliphatic rings. The molecule has 1 aliphatic heterocycles. The fourth-order valence-corrected chi connectivity index (χ4v) is 4.64. The van der Waals surface area contributed by atoms with Gasteiger partial charge in [0, 0.05) is 42.7 Å². The average Bonchev–Trinajstić information content (AvgIpc) is 2.77. The second-order valence-corrected chi connectivity index (χ2v) is 8.58. The summed E-state index contributed by atoms with van der Waals surface area (Å²) in [6.45, 7) is 8.70. The molecule has 1 fully saturated rings. The van der Waals surface area contributed by atoms with Gasteiger partial charge in [0.05, 0.1) is 29.6 Å². The Labute approximate surface area is 177 Å². The van der Waals surface area contributed by atoms with Crippen molar-refractivity contribution >= 4 is 28.4 Å². The zero-order valence-corrected chi connectivity index (χ0v) is 17.8. The second-order valence-electron chi connectivity index (χ2n) is 7.44. The Balaban J connectivity index is 1.31. The van der Waals surface area contributed by atoms with Crippen molar-refractivity contribution in [1.29, 1.82) is 0 Å². The van der Waals surface area contributed by atoms with E-state index in [1.54, 1.807) is 0 Å². The fraction of sp³-hybridized carbons (Fsp3) is 0.391. The van der Waals surface area contributed by atoms with Crippen LogP contribution in [-0.4, -0.2) is 53.3 Å². The summed E-state index contributed by atoms with van der Waals surface area (Å²) in [6.07, 6.45) is 5.05. The summed E-state index contributed by atoms with van der Waals surface area (Å²) in [5.41, 5.74) is 4.43. The van der Waals surface area contributed by atoms with Crippen molar-refractivity contribution in [2.24, 2.45) is 0 Å². The molecule has 1 aromatic carbocycles. The minimum Gasteiger partial charge on any atom is -0.378 e. The Hall–Kier alpha value is -2.15. The summed E-state index contributed by atoms with van der Waals surface area (Å²) in [4.78, 5) is 13.0. The summed E-state index contributed by atoms with van der Waals surface area (Å²) in [5, 5.41) is 8.05. The summed E-state index contributed by atoms with van der Waals surface area (Å²) in [6, 6.07) is 12.5. The molecular weight excluding hydrogens is 378 g/mol. The predicted molar refractivity (Wildman–Crippen MR) is 123 cm³/mol. The van der Waals surface area contributed by atoms with Gasteiger partial charge < -0.3 is 15.5 Å². The zero-order chi connectivity index (χ0) is 19.9. The van der Waals surface area contributed by atoms with E-state index in [2.05, 4.69) is 50.6 Å². The highest BCUT2D eigenvalue weighted by Crippen LogP contribution is 2.25. The van der Waals surface area contributed by atoms with Crippen molar-refractivity contribution < 1.29 is 0 Å². The quantitative estimate of drug-likeness (QED) is 0.436. The molecular formula is C23H29N5S. The normalized spacial score (nSPS) is 14.9. The van der Waals surface area contributed by atoms with E-state index in [1.165, 1.54) is 36.5 Å². The Morgan fingerprint density at radius 1 is 1.14 bits per heavy atom. The van der Waals surface area contributed by atoms with Crippen LogP contribution in [0.4, 0.5) is 5.69 Å². The molecule has 3 heterocycles. The molecule has 0 amide bonds. The highest BCUT2D eigenvalue weighted by atomic mass is 32.2. The first-order chi connectivity index (χ1) is 14.3. The molecule has 3 aromatic rings. The van der Waals surface area contributed by atoms with Gasteiger partial charge in [0.25, 0.3) is 0 Å². The lowest BCUT2D eigenvalue weighted by Crippen LogP contribution is -2.43. The molecule has 152 valence electrons. The molecule has 29 heavy (non-hydrogen) atoms. The third-order valence-corrected chi connectivity index (χ3v) is 6.64. The molecule has 2 N–H and O–H groups in total. The Bertz CT molecular complexity index is 939. The molecule has 1 saturated heterocycles. The minimum atomic E-state index is 0.709. The fourth-order valence-electron chi connectivity index (χ4n) is 3.65. The number of hydrogen-bond acceptors (Lipinski definition) is 6. The highest BCUT2D eigenvalue weighted by Gasteiger charge is 2.10. The molecule has 0 atom stereocenters. The first-order valence-electron chi connectivity index (χ1n) is 10.4. The molecule has 4 rings (SSSR count). The van der Waals surface area contributed by atoms with E-state index in [0.717, 1.165) is 41.1 Å². The maximum Gasteiger partial charge on any atom is 0.0703 e. The van der Waals surface area contributed by atoms with Crippen molar-refractivity contribution in [2.75, 3.05) is 43.8 Å². The van der Waals surface area contributed by atoms with Gasteiger partial charge in [-0.3, -0.25) is 9.97 Å². The monoisotopic (exact) mass is 407 g/mol. The third kappa shape index (κ3) is 5.47. The third-order valence-electron chi connectivity index (χ3n) is 5.40. The van der Waals surface area contributed by atoms with Gasteiger partial charge in [-0.2, -0.15) is 0 Å². The van der Waals surface area contributed by atoms with Crippen LogP contribution in [0.2, 0.25) is 0 Å². The summed E-state index contributed by atoms with van der Waals surface area (Å²) in [5.74, 6) is 1.15. The molecule has 6 heteroatoms. The van der Waals surface area contributed by atoms with E-state index in [0.29, 0.717) is 6.54 Å². The van der Waals surface area contributed by atoms with Gasteiger partial charge in [-0.15, -0.1) is 11.8 Å². The standard InChI is InChI=1S/C23H29N5S/c1-18-22(17-26-20-15-19-5-2-3-6-21(19)27-16-20)25-8-7-23(18)29-14-4-11-28-12-9-24-10-13-28/h2-3,5-8,15-16,24,26H,4,9-14,17H2,1H3. The van der Waals surface area contributed by atoms with Crippen molar-refractivity contribution in [1.82, 2.24) is 20.2 Å². The van der Waals surface area contributed by atoms with Gasteiger partial charge in [0.1, 0.15) is 0 Å². The molecule has 0 spiro atoms. The topological polar surface area (TPSA) is 53.1 Å². The molecule has 0 radical (unpaired) electrons. The number of nitrogens with one attached hydrogen (secondary N) is 2.